The molecular formula is C45H55N11O7S2. The van der Waals surface area contributed by atoms with Crippen LogP contribution in [0.3, 0.4) is 0 Å². The van der Waals surface area contributed by atoms with Gasteiger partial charge in [0, 0.05) is 55.2 Å². The lowest BCUT2D eigenvalue weighted by atomic mass is 9.93. The van der Waals surface area contributed by atoms with E-state index < -0.39 is 53.7 Å². The predicted octanol–water partition coefficient (Wildman–Crippen LogP) is 2.14. The molecule has 0 unspecified atom stereocenters. The molecule has 65 heavy (non-hydrogen) atoms. The Morgan fingerprint density at radius 2 is 1.63 bits per heavy atom. The van der Waals surface area contributed by atoms with Crippen LogP contribution in [-0.4, -0.2) is 115 Å². The number of nitriles is 1. The Kier molecular flexibility index (Phi) is 18.5. The van der Waals surface area contributed by atoms with Gasteiger partial charge in [-0.15, -0.1) is 0 Å². The molecule has 0 aliphatic carbocycles. The van der Waals surface area contributed by atoms with E-state index in [1.807, 2.05) is 36.6 Å². The second kappa shape index (κ2) is 24.2. The molecule has 2 heterocycles. The number of nitrogens with two attached hydrogens (primary N) is 3. The molecule has 0 saturated heterocycles. The molecule has 0 spiro atoms. The van der Waals surface area contributed by atoms with Crippen LogP contribution < -0.4 is 47.9 Å². The quantitative estimate of drug-likeness (QED) is 0.0556. The summed E-state index contributed by atoms with van der Waals surface area (Å²) >= 11 is 0. The minimum atomic E-state index is -1.40. The van der Waals surface area contributed by atoms with Crippen molar-refractivity contribution in [1.82, 2.24) is 36.1 Å². The van der Waals surface area contributed by atoms with Gasteiger partial charge in [-0.25, -0.2) is 9.97 Å². The Balaban J connectivity index is 1.54. The fourth-order valence-electron chi connectivity index (χ4n) is 7.07. The Labute approximate surface area is 385 Å². The summed E-state index contributed by atoms with van der Waals surface area (Å²) in [6.07, 6.45) is 3.44. The maximum absolute atomic E-state index is 14.6. The van der Waals surface area contributed by atoms with Gasteiger partial charge in [0.1, 0.15) is 55.4 Å². The molecule has 4 aromatic rings. The van der Waals surface area contributed by atoms with Crippen molar-refractivity contribution in [2.24, 2.45) is 17.2 Å². The second-order valence-corrected chi connectivity index (χ2v) is 17.6. The van der Waals surface area contributed by atoms with E-state index in [1.165, 1.54) is 25.1 Å². The van der Waals surface area contributed by atoms with Crippen molar-refractivity contribution < 1.29 is 33.4 Å². The van der Waals surface area contributed by atoms with Crippen LogP contribution >= 0.6 is 21.6 Å². The highest BCUT2D eigenvalue weighted by atomic mass is 33.1. The number of likely N-dealkylation sites (N-methyl/N-ethyl adjacent to an activating group) is 1. The van der Waals surface area contributed by atoms with Gasteiger partial charge in [0.2, 0.25) is 23.6 Å². The molecule has 5 amide bonds. The molecule has 18 nitrogen and oxygen atoms in total. The molecule has 4 atom stereocenters. The van der Waals surface area contributed by atoms with Gasteiger partial charge in [0.25, 0.3) is 5.91 Å². The smallest absolute Gasteiger partial charge is 0.255 e. The Bertz CT molecular complexity index is 2380. The van der Waals surface area contributed by atoms with Crippen molar-refractivity contribution in [2.75, 3.05) is 52.7 Å². The summed E-state index contributed by atoms with van der Waals surface area (Å²) in [5.74, 6) is -1.31. The average molecular weight is 926 g/mol. The van der Waals surface area contributed by atoms with Crippen molar-refractivity contribution >= 4 is 51.1 Å². The van der Waals surface area contributed by atoms with Crippen molar-refractivity contribution in [3.8, 4) is 40.1 Å². The summed E-state index contributed by atoms with van der Waals surface area (Å²) in [6, 6.07) is 14.9. The van der Waals surface area contributed by atoms with E-state index >= 15 is 0 Å². The zero-order chi connectivity index (χ0) is 47.0. The Hall–Kier alpha value is -6.24. The molecule has 20 heteroatoms. The van der Waals surface area contributed by atoms with Crippen molar-refractivity contribution in [3.05, 3.63) is 94.8 Å². The molecule has 1 aromatic heterocycles. The highest BCUT2D eigenvalue weighted by Crippen LogP contribution is 2.40. The number of carbonyl (C=O) groups is 5. The van der Waals surface area contributed by atoms with Crippen molar-refractivity contribution in [2.45, 2.75) is 56.6 Å². The molecule has 10 N–H and O–H groups in total. The summed E-state index contributed by atoms with van der Waals surface area (Å²) in [5.41, 5.74) is 22.0. The molecule has 344 valence electrons. The summed E-state index contributed by atoms with van der Waals surface area (Å²) in [4.78, 5) is 80.3. The minimum absolute atomic E-state index is 0.000809. The Morgan fingerprint density at radius 1 is 0.954 bits per heavy atom. The van der Waals surface area contributed by atoms with Crippen LogP contribution in [0.1, 0.15) is 52.1 Å². The number of nitrogens with one attached hydrogen (secondary N) is 4. The number of nitrogens with zero attached hydrogens (tertiary/aromatic N) is 4. The van der Waals surface area contributed by atoms with Crippen molar-refractivity contribution in [1.29, 1.82) is 5.26 Å². The number of carbonyl (C=O) groups excluding carboxylic acids is 5. The largest absolute Gasteiger partial charge is 0.492 e. The van der Waals surface area contributed by atoms with Crippen LogP contribution in [0, 0.1) is 18.3 Å². The average Bonchev–Trinajstić information content (AvgIpc) is 3.30. The molecule has 4 bridgehead atoms. The number of amides is 5. The van der Waals surface area contributed by atoms with E-state index in [0.29, 0.717) is 45.3 Å². The zero-order valence-electron chi connectivity index (χ0n) is 36.7. The first-order valence-electron chi connectivity index (χ1n) is 20.9. The fraction of sp³-hybridized carbons (Fsp3) is 0.378. The molecule has 1 aliphatic heterocycles. The molecule has 0 fully saturated rings. The SMILES string of the molecule is CSSCc1ccc(-c2ncc(C(=O)N[C@@H](CCN)C(=O)N(C)[C@@H]3C(=O)N[C@@H](C)C(=O)N[C@H](C(=O)NCC#N)Cc4ccc(OCCN)c(c4)-c4cc3ccc4OCCN)c(C)n2)cc1. The minimum Gasteiger partial charge on any atom is -0.492 e. The third kappa shape index (κ3) is 13.0. The Morgan fingerprint density at radius 3 is 2.26 bits per heavy atom. The maximum Gasteiger partial charge on any atom is 0.255 e. The van der Waals surface area contributed by atoms with E-state index in [-0.39, 0.29) is 57.8 Å². The van der Waals surface area contributed by atoms with E-state index in [0.717, 1.165) is 16.9 Å². The van der Waals surface area contributed by atoms with Gasteiger partial charge < -0.3 is 52.8 Å². The molecule has 0 radical (unpaired) electrons. The third-order valence-electron chi connectivity index (χ3n) is 10.4. The van der Waals surface area contributed by atoms with Gasteiger partial charge in [-0.05, 0) is 74.0 Å². The number of ether oxygens (including phenoxy) is 2. The number of hydrogen-bond donors (Lipinski definition) is 7. The van der Waals surface area contributed by atoms with Gasteiger partial charge in [0.15, 0.2) is 5.82 Å². The monoisotopic (exact) mass is 925 g/mol. The highest BCUT2D eigenvalue weighted by molar-refractivity contribution is 8.76. The first kappa shape index (κ1) is 49.8. The fourth-order valence-corrected chi connectivity index (χ4v) is 8.28. The topological polar surface area (TPSA) is 283 Å². The van der Waals surface area contributed by atoms with Gasteiger partial charge >= 0.3 is 0 Å². The first-order valence-corrected chi connectivity index (χ1v) is 23.6. The van der Waals surface area contributed by atoms with Gasteiger partial charge in [-0.1, -0.05) is 58.0 Å². The lowest BCUT2D eigenvalue weighted by molar-refractivity contribution is -0.141. The lowest BCUT2D eigenvalue weighted by Gasteiger charge is -2.32. The van der Waals surface area contributed by atoms with Gasteiger partial charge in [0.05, 0.1) is 17.3 Å². The van der Waals surface area contributed by atoms with E-state index in [4.69, 9.17) is 31.9 Å². The number of aromatic nitrogens is 2. The first-order chi connectivity index (χ1) is 31.3. The van der Waals surface area contributed by atoms with Gasteiger partial charge in [-0.2, -0.15) is 5.26 Å². The van der Waals surface area contributed by atoms with Crippen LogP contribution in [0.5, 0.6) is 11.5 Å². The number of hydrogen-bond acceptors (Lipinski definition) is 15. The summed E-state index contributed by atoms with van der Waals surface area (Å²) < 4.78 is 12.2. The maximum atomic E-state index is 14.6. The van der Waals surface area contributed by atoms with Crippen LogP contribution in [-0.2, 0) is 31.4 Å². The van der Waals surface area contributed by atoms with E-state index in [2.05, 4.69) is 31.2 Å². The van der Waals surface area contributed by atoms with E-state index in [9.17, 15) is 24.0 Å². The third-order valence-corrected chi connectivity index (χ3v) is 12.1. The zero-order valence-corrected chi connectivity index (χ0v) is 38.4. The summed E-state index contributed by atoms with van der Waals surface area (Å²) in [7, 11) is 4.84. The summed E-state index contributed by atoms with van der Waals surface area (Å²) in [6.45, 7) is 3.48. The van der Waals surface area contributed by atoms with Crippen molar-refractivity contribution in [3.63, 3.8) is 0 Å². The molecule has 5 rings (SSSR count). The second-order valence-electron chi connectivity index (χ2n) is 15.0. The number of aryl methyl sites for hydroxylation is 1. The number of benzene rings is 3. The van der Waals surface area contributed by atoms with Crippen LogP contribution in [0.25, 0.3) is 22.5 Å². The van der Waals surface area contributed by atoms with Crippen LogP contribution in [0.4, 0.5) is 0 Å². The van der Waals surface area contributed by atoms with Gasteiger partial charge in [-0.3, -0.25) is 24.0 Å². The predicted molar refractivity (Wildman–Crippen MR) is 250 cm³/mol. The lowest BCUT2D eigenvalue weighted by Crippen LogP contribution is -2.56. The standard InChI is InChI=1S/C45H55N11O7S2/c1-26-34(24-51-40(52-26)30-8-5-28(6-9-30)25-65-64-4)42(58)54-35(13-14-46)45(61)56(3)39-31-10-12-38(63-20-17-49)33(23-31)32-21-29(7-11-37(32)62-19-16-48)22-36(43(59)50-18-15-47)55-41(57)27(2)53-44(39)60/h5-12,21,23-24,27,35-36,39H,13-14,16-20,22,25,46,48-49H2,1-4H3,(H,50,59)(H,53,60)(H,54,58)(H,55,57)/t27-,35-,36-,39-/m0/s1. The van der Waals surface area contributed by atoms with Crippen LogP contribution in [0.15, 0.2) is 66.9 Å². The molecule has 0 saturated carbocycles. The molecule has 3 aromatic carbocycles. The molecular weight excluding hydrogens is 871 g/mol. The highest BCUT2D eigenvalue weighted by Gasteiger charge is 2.36. The van der Waals surface area contributed by atoms with Crippen LogP contribution in [0.2, 0.25) is 0 Å². The number of fused-ring (bicyclic) bond motifs is 5. The normalized spacial score (nSPS) is 16.4. The van der Waals surface area contributed by atoms with E-state index in [1.54, 1.807) is 64.9 Å². The number of rotatable bonds is 18. The summed E-state index contributed by atoms with van der Waals surface area (Å²) in [5, 5.41) is 19.9. The molecule has 1 aliphatic rings.